The van der Waals surface area contributed by atoms with Crippen LogP contribution in [0.15, 0.2) is 36.4 Å². The van der Waals surface area contributed by atoms with E-state index in [1.54, 1.807) is 0 Å². The van der Waals surface area contributed by atoms with Gasteiger partial charge in [-0.1, -0.05) is 30.4 Å². The van der Waals surface area contributed by atoms with Gasteiger partial charge in [0.15, 0.2) is 5.78 Å². The fourth-order valence-corrected chi connectivity index (χ4v) is 1.87. The summed E-state index contributed by atoms with van der Waals surface area (Å²) in [4.78, 5) is 16.0. The number of aromatic nitrogens is 1. The Morgan fingerprint density at radius 3 is 3.00 bits per heavy atom. The van der Waals surface area contributed by atoms with Crippen molar-refractivity contribution < 1.29 is 4.79 Å². The molecule has 0 aliphatic heterocycles. The number of para-hydroxylation sites is 1. The minimum absolute atomic E-state index is 0.109. The van der Waals surface area contributed by atoms with E-state index in [1.807, 2.05) is 42.5 Å². The predicted molar refractivity (Wildman–Crippen MR) is 59.7 cm³/mol. The number of Topliss-reactive ketones (excluding diaryl/α,β-unsaturated/α-hetero) is 1. The van der Waals surface area contributed by atoms with Gasteiger partial charge in [0.1, 0.15) is 5.69 Å². The fraction of sp³-hybridized carbons (Fsp3) is 0.0769. The van der Waals surface area contributed by atoms with Crippen LogP contribution in [0.1, 0.15) is 22.5 Å². The van der Waals surface area contributed by atoms with E-state index in [1.165, 1.54) is 0 Å². The van der Waals surface area contributed by atoms with Gasteiger partial charge in [-0.3, -0.25) is 4.79 Å². The molecule has 0 spiro atoms. The van der Waals surface area contributed by atoms with Crippen molar-refractivity contribution in [3.8, 4) is 0 Å². The van der Waals surface area contributed by atoms with Crippen molar-refractivity contribution in [3.63, 3.8) is 0 Å². The van der Waals surface area contributed by atoms with Gasteiger partial charge in [-0.05, 0) is 12.1 Å². The van der Waals surface area contributed by atoms with Crippen LogP contribution in [0.5, 0.6) is 0 Å². The number of hydrogen-bond acceptors (Lipinski definition) is 2. The molecule has 0 radical (unpaired) electrons. The minimum Gasteiger partial charge on any atom is -0.292 e. The Morgan fingerprint density at radius 2 is 2.07 bits per heavy atom. The van der Waals surface area contributed by atoms with Crippen LogP contribution in [-0.2, 0) is 0 Å². The maximum absolute atomic E-state index is 11.6. The molecule has 0 bridgehead atoms. The van der Waals surface area contributed by atoms with Crippen molar-refractivity contribution in [2.75, 3.05) is 0 Å². The van der Waals surface area contributed by atoms with E-state index in [0.29, 0.717) is 12.1 Å². The highest BCUT2D eigenvalue weighted by Gasteiger charge is 2.15. The van der Waals surface area contributed by atoms with Crippen molar-refractivity contribution in [2.24, 2.45) is 0 Å². The lowest BCUT2D eigenvalue weighted by atomic mass is 10.00. The SMILES string of the molecule is O=C1CC=Cc2cc3ccccc3nc21. The monoisotopic (exact) mass is 195 g/mol. The number of pyridine rings is 1. The summed E-state index contributed by atoms with van der Waals surface area (Å²) < 4.78 is 0. The summed E-state index contributed by atoms with van der Waals surface area (Å²) in [6.07, 6.45) is 4.33. The van der Waals surface area contributed by atoms with Crippen LogP contribution in [-0.4, -0.2) is 10.8 Å². The molecule has 1 aromatic carbocycles. The number of carbonyl (C=O) groups is 1. The first-order valence-electron chi connectivity index (χ1n) is 4.94. The lowest BCUT2D eigenvalue weighted by Crippen LogP contribution is -2.07. The number of nitrogens with zero attached hydrogens (tertiary/aromatic N) is 1. The third kappa shape index (κ3) is 1.26. The van der Waals surface area contributed by atoms with E-state index in [4.69, 9.17) is 0 Å². The third-order valence-electron chi connectivity index (χ3n) is 2.62. The van der Waals surface area contributed by atoms with Gasteiger partial charge in [0.25, 0.3) is 0 Å². The van der Waals surface area contributed by atoms with Gasteiger partial charge in [-0.2, -0.15) is 0 Å². The average Bonchev–Trinajstić information content (AvgIpc) is 2.27. The molecule has 0 amide bonds. The predicted octanol–water partition coefficient (Wildman–Crippen LogP) is 2.83. The highest BCUT2D eigenvalue weighted by atomic mass is 16.1. The van der Waals surface area contributed by atoms with Crippen LogP contribution < -0.4 is 0 Å². The smallest absolute Gasteiger partial charge is 0.185 e. The van der Waals surface area contributed by atoms with E-state index >= 15 is 0 Å². The van der Waals surface area contributed by atoms with E-state index in [-0.39, 0.29) is 5.78 Å². The summed E-state index contributed by atoms with van der Waals surface area (Å²) in [7, 11) is 0. The third-order valence-corrected chi connectivity index (χ3v) is 2.62. The van der Waals surface area contributed by atoms with E-state index in [9.17, 15) is 4.79 Å². The summed E-state index contributed by atoms with van der Waals surface area (Å²) >= 11 is 0. The molecule has 0 saturated carbocycles. The molecule has 15 heavy (non-hydrogen) atoms. The van der Waals surface area contributed by atoms with E-state index in [2.05, 4.69) is 4.98 Å². The molecule has 2 heteroatoms. The molecule has 0 saturated heterocycles. The van der Waals surface area contributed by atoms with Crippen LogP contribution >= 0.6 is 0 Å². The molecule has 3 rings (SSSR count). The van der Waals surface area contributed by atoms with Gasteiger partial charge in [-0.15, -0.1) is 0 Å². The number of allylic oxidation sites excluding steroid dienone is 1. The normalized spacial score (nSPS) is 14.3. The van der Waals surface area contributed by atoms with Crippen LogP contribution in [0, 0.1) is 0 Å². The molecule has 1 aliphatic carbocycles. The Kier molecular flexibility index (Phi) is 1.68. The molecule has 0 unspecified atom stereocenters. The van der Waals surface area contributed by atoms with Crippen LogP contribution in [0.2, 0.25) is 0 Å². The molecule has 1 aliphatic rings. The van der Waals surface area contributed by atoms with Gasteiger partial charge >= 0.3 is 0 Å². The summed E-state index contributed by atoms with van der Waals surface area (Å²) in [6, 6.07) is 9.87. The first-order valence-corrected chi connectivity index (χ1v) is 4.94. The molecule has 72 valence electrons. The van der Waals surface area contributed by atoms with Gasteiger partial charge < -0.3 is 0 Å². The largest absolute Gasteiger partial charge is 0.292 e. The summed E-state index contributed by atoms with van der Waals surface area (Å²) in [5.41, 5.74) is 2.43. The van der Waals surface area contributed by atoms with Crippen LogP contribution in [0.3, 0.4) is 0 Å². The molecule has 2 nitrogen and oxygen atoms in total. The lowest BCUT2D eigenvalue weighted by molar-refractivity contribution is 0.0990. The average molecular weight is 195 g/mol. The number of benzene rings is 1. The van der Waals surface area contributed by atoms with E-state index in [0.717, 1.165) is 16.5 Å². The Balaban J connectivity index is 2.38. The van der Waals surface area contributed by atoms with E-state index < -0.39 is 0 Å². The molecule has 2 aromatic rings. The highest BCUT2D eigenvalue weighted by Crippen LogP contribution is 2.22. The van der Waals surface area contributed by atoms with Crippen LogP contribution in [0.4, 0.5) is 0 Å². The molecule has 1 heterocycles. The molecule has 0 fully saturated rings. The Morgan fingerprint density at radius 1 is 1.20 bits per heavy atom. The minimum atomic E-state index is 0.109. The number of fused-ring (bicyclic) bond motifs is 2. The van der Waals surface area contributed by atoms with Gasteiger partial charge in [0, 0.05) is 17.4 Å². The maximum atomic E-state index is 11.6. The van der Waals surface area contributed by atoms with Crippen molar-refractivity contribution in [3.05, 3.63) is 47.7 Å². The first-order chi connectivity index (χ1) is 7.34. The molecule has 0 atom stereocenters. The zero-order chi connectivity index (χ0) is 10.3. The summed E-state index contributed by atoms with van der Waals surface area (Å²) in [5.74, 6) is 0.109. The number of rotatable bonds is 0. The Bertz CT molecular complexity index is 584. The van der Waals surface area contributed by atoms with Gasteiger partial charge in [-0.25, -0.2) is 4.98 Å². The van der Waals surface area contributed by atoms with Crippen molar-refractivity contribution in [1.82, 2.24) is 4.98 Å². The molecule has 0 N–H and O–H groups in total. The van der Waals surface area contributed by atoms with Gasteiger partial charge in [0.05, 0.1) is 5.52 Å². The van der Waals surface area contributed by atoms with Crippen LogP contribution in [0.25, 0.3) is 17.0 Å². The zero-order valence-electron chi connectivity index (χ0n) is 8.10. The quantitative estimate of drug-likeness (QED) is 0.647. The Hall–Kier alpha value is -1.96. The molecular formula is C13H9NO. The van der Waals surface area contributed by atoms with Crippen molar-refractivity contribution in [2.45, 2.75) is 6.42 Å². The fourth-order valence-electron chi connectivity index (χ4n) is 1.87. The lowest BCUT2D eigenvalue weighted by Gasteiger charge is -2.09. The number of carbonyl (C=O) groups excluding carboxylic acids is 1. The van der Waals surface area contributed by atoms with Crippen molar-refractivity contribution in [1.29, 1.82) is 0 Å². The van der Waals surface area contributed by atoms with Crippen molar-refractivity contribution >= 4 is 22.8 Å². The first kappa shape index (κ1) is 8.36. The number of hydrogen-bond donors (Lipinski definition) is 0. The summed E-state index contributed by atoms with van der Waals surface area (Å²) in [5, 5.41) is 1.08. The highest BCUT2D eigenvalue weighted by molar-refractivity contribution is 6.03. The molecular weight excluding hydrogens is 186 g/mol. The number of ketones is 1. The molecule has 1 aromatic heterocycles. The second-order valence-electron chi connectivity index (χ2n) is 3.65. The van der Waals surface area contributed by atoms with Gasteiger partial charge in [0.2, 0.25) is 0 Å². The second kappa shape index (κ2) is 3.02. The maximum Gasteiger partial charge on any atom is 0.185 e. The zero-order valence-corrected chi connectivity index (χ0v) is 8.10. The summed E-state index contributed by atoms with van der Waals surface area (Å²) in [6.45, 7) is 0. The Labute approximate surface area is 87.3 Å². The topological polar surface area (TPSA) is 30.0 Å². The standard InChI is InChI=1S/C13H9NO/c15-12-7-3-5-10-8-9-4-1-2-6-11(9)14-13(10)12/h1-6,8H,7H2. The second-order valence-corrected chi connectivity index (χ2v) is 3.65.